The first-order chi connectivity index (χ1) is 9.86. The maximum atomic E-state index is 9.17. The van der Waals surface area contributed by atoms with Gasteiger partial charge in [-0.15, -0.1) is 0 Å². The highest BCUT2D eigenvalue weighted by Gasteiger charge is 2.06. The van der Waals surface area contributed by atoms with Crippen molar-refractivity contribution in [3.05, 3.63) is 78.5 Å². The summed E-state index contributed by atoms with van der Waals surface area (Å²) in [6.07, 6.45) is 0. The van der Waals surface area contributed by atoms with Gasteiger partial charge >= 0.3 is 0 Å². The van der Waals surface area contributed by atoms with Crippen molar-refractivity contribution in [3.8, 4) is 28.5 Å². The fourth-order valence-electron chi connectivity index (χ4n) is 2.14. The van der Waals surface area contributed by atoms with Gasteiger partial charge < -0.3 is 0 Å². The van der Waals surface area contributed by atoms with Gasteiger partial charge in [0.25, 0.3) is 0 Å². The Morgan fingerprint density at radius 2 is 1.30 bits per heavy atom. The molecular weight excluding hydrogens is 244 g/mol. The van der Waals surface area contributed by atoms with Crippen LogP contribution in [0.4, 0.5) is 0 Å². The Hall–Kier alpha value is -2.92. The van der Waals surface area contributed by atoms with Crippen LogP contribution in [-0.2, 0) is 0 Å². The van der Waals surface area contributed by atoms with E-state index in [2.05, 4.69) is 11.1 Å². The second-order valence-electron chi connectivity index (χ2n) is 4.47. The average Bonchev–Trinajstić information content (AvgIpc) is 2.56. The number of nitrogens with zero attached hydrogens (tertiary/aromatic N) is 2. The predicted molar refractivity (Wildman–Crippen MR) is 79.8 cm³/mol. The predicted octanol–water partition coefficient (Wildman–Crippen LogP) is 4.29. The molecule has 0 saturated carbocycles. The van der Waals surface area contributed by atoms with E-state index in [1.54, 1.807) is 0 Å². The largest absolute Gasteiger partial charge is 0.237 e. The lowest BCUT2D eigenvalue weighted by molar-refractivity contribution is 1.27. The molecule has 0 radical (unpaired) electrons. The zero-order valence-electron chi connectivity index (χ0n) is 10.8. The van der Waals surface area contributed by atoms with E-state index in [0.717, 1.165) is 22.4 Å². The number of pyridine rings is 1. The van der Waals surface area contributed by atoms with E-state index in [1.165, 1.54) is 0 Å². The summed E-state index contributed by atoms with van der Waals surface area (Å²) in [6, 6.07) is 25.9. The topological polar surface area (TPSA) is 36.7 Å². The van der Waals surface area contributed by atoms with E-state index >= 15 is 0 Å². The highest BCUT2D eigenvalue weighted by atomic mass is 14.7. The maximum Gasteiger partial charge on any atom is 0.141 e. The van der Waals surface area contributed by atoms with Gasteiger partial charge in [-0.05, 0) is 23.3 Å². The molecule has 0 spiro atoms. The first-order valence-electron chi connectivity index (χ1n) is 6.40. The number of nitriles is 1. The molecule has 1 aromatic heterocycles. The maximum absolute atomic E-state index is 9.17. The molecule has 3 rings (SSSR count). The second kappa shape index (κ2) is 5.38. The molecular formula is C18H12N2. The molecule has 0 amide bonds. The third-order valence-electron chi connectivity index (χ3n) is 3.12. The Morgan fingerprint density at radius 3 is 1.90 bits per heavy atom. The van der Waals surface area contributed by atoms with Crippen LogP contribution in [0.2, 0.25) is 0 Å². The van der Waals surface area contributed by atoms with Crippen LogP contribution in [0, 0.1) is 11.3 Å². The van der Waals surface area contributed by atoms with E-state index in [9.17, 15) is 0 Å². The Bertz CT molecular complexity index is 699. The van der Waals surface area contributed by atoms with Crippen LogP contribution >= 0.6 is 0 Å². The Kier molecular flexibility index (Phi) is 3.26. The molecule has 0 aliphatic heterocycles. The molecule has 0 saturated heterocycles. The number of rotatable bonds is 2. The summed E-state index contributed by atoms with van der Waals surface area (Å²) in [4.78, 5) is 4.39. The summed E-state index contributed by atoms with van der Waals surface area (Å²) < 4.78 is 0. The summed E-state index contributed by atoms with van der Waals surface area (Å²) in [5.74, 6) is 0. The molecule has 2 nitrogen and oxygen atoms in total. The van der Waals surface area contributed by atoms with Gasteiger partial charge in [0.15, 0.2) is 0 Å². The molecule has 0 aliphatic rings. The third-order valence-corrected chi connectivity index (χ3v) is 3.12. The molecule has 0 atom stereocenters. The average molecular weight is 256 g/mol. The van der Waals surface area contributed by atoms with Gasteiger partial charge in [0.1, 0.15) is 11.8 Å². The van der Waals surface area contributed by atoms with Gasteiger partial charge in [0.05, 0.1) is 5.69 Å². The molecule has 2 aromatic carbocycles. The Balaban J connectivity index is 2.16. The third kappa shape index (κ3) is 2.43. The Labute approximate surface area is 118 Å². The van der Waals surface area contributed by atoms with Crippen molar-refractivity contribution in [2.45, 2.75) is 0 Å². The minimum absolute atomic E-state index is 0.435. The number of hydrogen-bond donors (Lipinski definition) is 0. The number of benzene rings is 2. The van der Waals surface area contributed by atoms with E-state index in [4.69, 9.17) is 5.26 Å². The van der Waals surface area contributed by atoms with Crippen molar-refractivity contribution in [2.24, 2.45) is 0 Å². The lowest BCUT2D eigenvalue weighted by Crippen LogP contribution is -1.90. The van der Waals surface area contributed by atoms with E-state index < -0.39 is 0 Å². The molecule has 94 valence electrons. The first-order valence-corrected chi connectivity index (χ1v) is 6.40. The SMILES string of the molecule is N#Cc1cc(-c2ccccc2)cc(-c2ccccc2)n1. The molecule has 1 heterocycles. The summed E-state index contributed by atoms with van der Waals surface area (Å²) in [6.45, 7) is 0. The van der Waals surface area contributed by atoms with Crippen LogP contribution in [0.1, 0.15) is 5.69 Å². The fraction of sp³-hybridized carbons (Fsp3) is 0. The van der Waals surface area contributed by atoms with Crippen LogP contribution in [0.25, 0.3) is 22.4 Å². The molecule has 3 aromatic rings. The molecule has 0 aliphatic carbocycles. The number of aromatic nitrogens is 1. The summed E-state index contributed by atoms with van der Waals surface area (Å²) in [5, 5.41) is 9.17. The summed E-state index contributed by atoms with van der Waals surface area (Å²) in [7, 11) is 0. The van der Waals surface area contributed by atoms with Crippen LogP contribution < -0.4 is 0 Å². The summed E-state index contributed by atoms with van der Waals surface area (Å²) >= 11 is 0. The zero-order chi connectivity index (χ0) is 13.8. The van der Waals surface area contributed by atoms with Crippen molar-refractivity contribution in [1.29, 1.82) is 5.26 Å². The van der Waals surface area contributed by atoms with Gasteiger partial charge in [-0.3, -0.25) is 0 Å². The quantitative estimate of drug-likeness (QED) is 0.686. The van der Waals surface area contributed by atoms with Crippen molar-refractivity contribution in [1.82, 2.24) is 4.98 Å². The van der Waals surface area contributed by atoms with E-state index in [1.807, 2.05) is 72.8 Å². The molecule has 0 bridgehead atoms. The second-order valence-corrected chi connectivity index (χ2v) is 4.47. The van der Waals surface area contributed by atoms with Crippen LogP contribution in [0.5, 0.6) is 0 Å². The minimum atomic E-state index is 0.435. The van der Waals surface area contributed by atoms with Crippen molar-refractivity contribution in [3.63, 3.8) is 0 Å². The molecule has 2 heteroatoms. The van der Waals surface area contributed by atoms with Crippen molar-refractivity contribution in [2.75, 3.05) is 0 Å². The lowest BCUT2D eigenvalue weighted by atomic mass is 10.0. The van der Waals surface area contributed by atoms with Gasteiger partial charge in [0, 0.05) is 5.56 Å². The van der Waals surface area contributed by atoms with Gasteiger partial charge in [-0.2, -0.15) is 5.26 Å². The minimum Gasteiger partial charge on any atom is -0.237 e. The standard InChI is InChI=1S/C18H12N2/c19-13-17-11-16(14-7-3-1-4-8-14)12-18(20-17)15-9-5-2-6-10-15/h1-12H. The highest BCUT2D eigenvalue weighted by Crippen LogP contribution is 2.25. The monoisotopic (exact) mass is 256 g/mol. The van der Waals surface area contributed by atoms with Gasteiger partial charge in [-0.1, -0.05) is 60.7 Å². The van der Waals surface area contributed by atoms with Crippen molar-refractivity contribution < 1.29 is 0 Å². The zero-order valence-corrected chi connectivity index (χ0v) is 10.8. The van der Waals surface area contributed by atoms with Gasteiger partial charge in [0.2, 0.25) is 0 Å². The van der Waals surface area contributed by atoms with Crippen LogP contribution in [0.3, 0.4) is 0 Å². The first kappa shape index (κ1) is 12.1. The molecule has 0 fully saturated rings. The van der Waals surface area contributed by atoms with Gasteiger partial charge in [-0.25, -0.2) is 4.98 Å². The van der Waals surface area contributed by atoms with E-state index in [-0.39, 0.29) is 0 Å². The lowest BCUT2D eigenvalue weighted by Gasteiger charge is -2.06. The number of hydrogen-bond acceptors (Lipinski definition) is 2. The smallest absolute Gasteiger partial charge is 0.141 e. The van der Waals surface area contributed by atoms with E-state index in [0.29, 0.717) is 5.69 Å². The molecule has 0 N–H and O–H groups in total. The normalized spacial score (nSPS) is 9.95. The highest BCUT2D eigenvalue weighted by molar-refractivity contribution is 5.71. The van der Waals surface area contributed by atoms with Crippen LogP contribution in [0.15, 0.2) is 72.8 Å². The fourth-order valence-corrected chi connectivity index (χ4v) is 2.14. The summed E-state index contributed by atoms with van der Waals surface area (Å²) in [5.41, 5.74) is 4.37. The molecule has 20 heavy (non-hydrogen) atoms. The molecule has 0 unspecified atom stereocenters. The van der Waals surface area contributed by atoms with Crippen molar-refractivity contribution >= 4 is 0 Å². The van der Waals surface area contributed by atoms with Crippen LogP contribution in [-0.4, -0.2) is 4.98 Å². The Morgan fingerprint density at radius 1 is 0.700 bits per heavy atom.